The second-order valence-electron chi connectivity index (χ2n) is 8.18. The average Bonchev–Trinajstić information content (AvgIpc) is 2.85. The molecular formula is C25H34ClN3O6S. The maximum absolute atomic E-state index is 13.7. The van der Waals surface area contributed by atoms with Crippen molar-refractivity contribution in [3.63, 3.8) is 0 Å². The number of benzene rings is 2. The molecule has 0 spiro atoms. The first-order valence-electron chi connectivity index (χ1n) is 11.6. The summed E-state index contributed by atoms with van der Waals surface area (Å²) in [6, 6.07) is 10.8. The number of nitrogens with one attached hydrogen (secondary N) is 1. The van der Waals surface area contributed by atoms with Crippen LogP contribution in [-0.4, -0.2) is 64.7 Å². The van der Waals surface area contributed by atoms with Crippen molar-refractivity contribution in [1.82, 2.24) is 10.2 Å². The molecule has 0 saturated heterocycles. The molecule has 2 rings (SSSR count). The first-order chi connectivity index (χ1) is 17.0. The molecule has 0 aliphatic heterocycles. The van der Waals surface area contributed by atoms with Crippen molar-refractivity contribution in [2.24, 2.45) is 0 Å². The van der Waals surface area contributed by atoms with Crippen LogP contribution < -0.4 is 19.1 Å². The predicted octanol–water partition coefficient (Wildman–Crippen LogP) is 3.46. The van der Waals surface area contributed by atoms with Crippen LogP contribution in [0.3, 0.4) is 0 Å². The number of anilines is 1. The predicted molar refractivity (Wildman–Crippen MR) is 141 cm³/mol. The molecule has 0 radical (unpaired) electrons. The van der Waals surface area contributed by atoms with E-state index in [1.54, 1.807) is 32.2 Å². The Morgan fingerprint density at radius 2 is 1.81 bits per heavy atom. The minimum Gasteiger partial charge on any atom is -0.497 e. The molecule has 198 valence electrons. The summed E-state index contributed by atoms with van der Waals surface area (Å²) in [7, 11) is -0.879. The number of carbonyl (C=O) groups is 2. The Morgan fingerprint density at radius 3 is 2.36 bits per heavy atom. The van der Waals surface area contributed by atoms with Gasteiger partial charge in [0.1, 0.15) is 24.1 Å². The lowest BCUT2D eigenvalue weighted by Crippen LogP contribution is -2.52. The van der Waals surface area contributed by atoms with Gasteiger partial charge >= 0.3 is 0 Å². The van der Waals surface area contributed by atoms with Gasteiger partial charge in [-0.05, 0) is 48.7 Å². The lowest BCUT2D eigenvalue weighted by Gasteiger charge is -2.33. The van der Waals surface area contributed by atoms with Gasteiger partial charge in [0.25, 0.3) is 0 Å². The summed E-state index contributed by atoms with van der Waals surface area (Å²) in [5, 5.41) is 3.05. The van der Waals surface area contributed by atoms with E-state index in [-0.39, 0.29) is 23.2 Å². The molecular weight excluding hydrogens is 506 g/mol. The Hall–Kier alpha value is -2.98. The number of halogens is 1. The van der Waals surface area contributed by atoms with E-state index in [1.807, 2.05) is 13.0 Å². The first kappa shape index (κ1) is 29.3. The smallest absolute Gasteiger partial charge is 0.244 e. The highest BCUT2D eigenvalue weighted by atomic mass is 35.5. The normalized spacial score (nSPS) is 11.9. The second-order valence-corrected chi connectivity index (χ2v) is 10.5. The summed E-state index contributed by atoms with van der Waals surface area (Å²) in [4.78, 5) is 28.0. The molecule has 0 unspecified atom stereocenters. The zero-order valence-electron chi connectivity index (χ0n) is 21.3. The molecule has 2 amide bonds. The molecule has 36 heavy (non-hydrogen) atoms. The molecule has 0 aromatic heterocycles. The van der Waals surface area contributed by atoms with Crippen molar-refractivity contribution in [3.05, 3.63) is 53.1 Å². The van der Waals surface area contributed by atoms with E-state index in [0.29, 0.717) is 24.5 Å². The number of methoxy groups -OCH3 is 2. The topological polar surface area (TPSA) is 105 Å². The van der Waals surface area contributed by atoms with E-state index in [1.165, 1.54) is 30.2 Å². The maximum atomic E-state index is 13.7. The molecule has 0 saturated carbocycles. The SMILES string of the molecule is CCCNC(=O)[C@H](CC)N(Cc1cccc(OC)c1)C(=O)CN(c1ccc(OC)c(Cl)c1)S(C)(=O)=O. The zero-order chi connectivity index (χ0) is 26.9. The van der Waals surface area contributed by atoms with Crippen LogP contribution in [0.4, 0.5) is 5.69 Å². The van der Waals surface area contributed by atoms with Crippen LogP contribution in [0.5, 0.6) is 11.5 Å². The number of rotatable bonds is 13. The lowest BCUT2D eigenvalue weighted by molar-refractivity contribution is -0.140. The monoisotopic (exact) mass is 539 g/mol. The van der Waals surface area contributed by atoms with Crippen molar-refractivity contribution in [1.29, 1.82) is 0 Å². The third kappa shape index (κ3) is 7.76. The summed E-state index contributed by atoms with van der Waals surface area (Å²) < 4.78 is 36.8. The second kappa shape index (κ2) is 13.4. The van der Waals surface area contributed by atoms with Crippen LogP contribution in [0.25, 0.3) is 0 Å². The quantitative estimate of drug-likeness (QED) is 0.418. The summed E-state index contributed by atoms with van der Waals surface area (Å²) >= 11 is 6.21. The average molecular weight is 540 g/mol. The number of hydrogen-bond donors (Lipinski definition) is 1. The van der Waals surface area contributed by atoms with Crippen molar-refractivity contribution in [2.75, 3.05) is 37.9 Å². The van der Waals surface area contributed by atoms with E-state index in [4.69, 9.17) is 21.1 Å². The number of hydrogen-bond acceptors (Lipinski definition) is 6. The lowest BCUT2D eigenvalue weighted by atomic mass is 10.1. The maximum Gasteiger partial charge on any atom is 0.244 e. The van der Waals surface area contributed by atoms with Gasteiger partial charge in [0.2, 0.25) is 21.8 Å². The van der Waals surface area contributed by atoms with Gasteiger partial charge in [0, 0.05) is 13.1 Å². The molecule has 0 bridgehead atoms. The standard InChI is InChI=1S/C25H34ClN3O6S/c1-6-13-27-25(31)22(7-2)28(16-18-9-8-10-20(14-18)34-3)24(30)17-29(36(5,32)33)19-11-12-23(35-4)21(26)15-19/h8-12,14-15,22H,6-7,13,16-17H2,1-5H3,(H,27,31)/t22-/m0/s1. The fourth-order valence-corrected chi connectivity index (χ4v) is 4.77. The fourth-order valence-electron chi connectivity index (χ4n) is 3.68. The highest BCUT2D eigenvalue weighted by Crippen LogP contribution is 2.30. The van der Waals surface area contributed by atoms with E-state index < -0.39 is 28.5 Å². The Kier molecular flexibility index (Phi) is 10.9. The van der Waals surface area contributed by atoms with Gasteiger partial charge in [0.15, 0.2) is 0 Å². The molecule has 0 aliphatic carbocycles. The molecule has 0 aliphatic rings. The van der Waals surface area contributed by atoms with Crippen molar-refractivity contribution in [2.45, 2.75) is 39.3 Å². The van der Waals surface area contributed by atoms with Gasteiger partial charge in [-0.2, -0.15) is 0 Å². The number of nitrogens with zero attached hydrogens (tertiary/aromatic N) is 2. The third-order valence-corrected chi connectivity index (χ3v) is 6.96. The number of ether oxygens (including phenoxy) is 2. The number of carbonyl (C=O) groups excluding carboxylic acids is 2. The molecule has 11 heteroatoms. The Labute approximate surface area is 218 Å². The molecule has 0 heterocycles. The zero-order valence-corrected chi connectivity index (χ0v) is 22.9. The summed E-state index contributed by atoms with van der Waals surface area (Å²) in [6.45, 7) is 3.79. The van der Waals surface area contributed by atoms with Gasteiger partial charge in [-0.15, -0.1) is 0 Å². The van der Waals surface area contributed by atoms with Crippen LogP contribution >= 0.6 is 11.6 Å². The van der Waals surface area contributed by atoms with Crippen LogP contribution in [-0.2, 0) is 26.2 Å². The molecule has 1 atom stereocenters. The van der Waals surface area contributed by atoms with Gasteiger partial charge in [-0.25, -0.2) is 8.42 Å². The van der Waals surface area contributed by atoms with E-state index in [9.17, 15) is 18.0 Å². The van der Waals surface area contributed by atoms with Crippen molar-refractivity contribution < 1.29 is 27.5 Å². The Bertz CT molecular complexity index is 1160. The van der Waals surface area contributed by atoms with Gasteiger partial charge in [0.05, 0.1) is 31.2 Å². The fraction of sp³-hybridized carbons (Fsp3) is 0.440. The van der Waals surface area contributed by atoms with Crippen molar-refractivity contribution in [3.8, 4) is 11.5 Å². The van der Waals surface area contributed by atoms with Crippen LogP contribution in [0.1, 0.15) is 32.3 Å². The van der Waals surface area contributed by atoms with Crippen LogP contribution in [0.2, 0.25) is 5.02 Å². The minimum atomic E-state index is -3.87. The molecule has 2 aromatic rings. The first-order valence-corrected chi connectivity index (χ1v) is 13.8. The largest absolute Gasteiger partial charge is 0.497 e. The number of amides is 2. The van der Waals surface area contributed by atoms with Crippen molar-refractivity contribution >= 4 is 39.1 Å². The molecule has 2 aromatic carbocycles. The minimum absolute atomic E-state index is 0.0923. The number of sulfonamides is 1. The van der Waals surface area contributed by atoms with Crippen LogP contribution in [0.15, 0.2) is 42.5 Å². The Morgan fingerprint density at radius 1 is 1.08 bits per heavy atom. The summed E-state index contributed by atoms with van der Waals surface area (Å²) in [5.41, 5.74) is 0.948. The molecule has 0 fully saturated rings. The van der Waals surface area contributed by atoms with E-state index >= 15 is 0 Å². The highest BCUT2D eigenvalue weighted by molar-refractivity contribution is 7.92. The Balaban J connectivity index is 2.46. The van der Waals surface area contributed by atoms with E-state index in [2.05, 4.69) is 5.32 Å². The molecule has 9 nitrogen and oxygen atoms in total. The van der Waals surface area contributed by atoms with E-state index in [0.717, 1.165) is 22.5 Å². The van der Waals surface area contributed by atoms with Gasteiger partial charge in [-0.3, -0.25) is 13.9 Å². The van der Waals surface area contributed by atoms with Gasteiger partial charge < -0.3 is 19.7 Å². The summed E-state index contributed by atoms with van der Waals surface area (Å²) in [6.07, 6.45) is 2.10. The van der Waals surface area contributed by atoms with Gasteiger partial charge in [-0.1, -0.05) is 37.6 Å². The summed E-state index contributed by atoms with van der Waals surface area (Å²) in [5.74, 6) is 0.148. The molecule has 1 N–H and O–H groups in total. The highest BCUT2D eigenvalue weighted by Gasteiger charge is 2.31. The van der Waals surface area contributed by atoms with Crippen LogP contribution in [0, 0.1) is 0 Å². The third-order valence-electron chi connectivity index (χ3n) is 5.52.